The Kier molecular flexibility index (Phi) is 4.62. The molecule has 1 atom stereocenters. The lowest BCUT2D eigenvalue weighted by atomic mass is 10.1. The van der Waals surface area contributed by atoms with Crippen LogP contribution in [-0.4, -0.2) is 61.7 Å². The minimum atomic E-state index is 0.732. The first-order valence-electron chi connectivity index (χ1n) is 6.93. The van der Waals surface area contributed by atoms with Gasteiger partial charge in [-0.2, -0.15) is 0 Å². The van der Waals surface area contributed by atoms with Gasteiger partial charge in [0.2, 0.25) is 0 Å². The Morgan fingerprint density at radius 2 is 2.06 bits per heavy atom. The molecule has 0 saturated carbocycles. The molecule has 2 saturated heterocycles. The monoisotopic (exact) mass is 225 g/mol. The number of rotatable bonds is 3. The zero-order valence-corrected chi connectivity index (χ0v) is 10.9. The molecule has 0 amide bonds. The second-order valence-corrected chi connectivity index (χ2v) is 5.65. The second kappa shape index (κ2) is 5.99. The van der Waals surface area contributed by atoms with E-state index in [1.54, 1.807) is 0 Å². The van der Waals surface area contributed by atoms with Gasteiger partial charge in [0.25, 0.3) is 0 Å². The third-order valence-electron chi connectivity index (χ3n) is 4.00. The maximum atomic E-state index is 3.48. The summed E-state index contributed by atoms with van der Waals surface area (Å²) in [7, 11) is 0. The van der Waals surface area contributed by atoms with Gasteiger partial charge in [-0.25, -0.2) is 0 Å². The maximum absolute atomic E-state index is 3.48. The van der Waals surface area contributed by atoms with Crippen molar-refractivity contribution in [2.45, 2.75) is 32.7 Å². The topological polar surface area (TPSA) is 18.5 Å². The highest BCUT2D eigenvalue weighted by Gasteiger charge is 2.25. The molecular weight excluding hydrogens is 198 g/mol. The predicted octanol–water partition coefficient (Wildman–Crippen LogP) is 1.01. The first-order valence-corrected chi connectivity index (χ1v) is 6.93. The normalized spacial score (nSPS) is 29.8. The number of nitrogens with one attached hydrogen (secondary N) is 1. The van der Waals surface area contributed by atoms with Gasteiger partial charge in [-0.1, -0.05) is 0 Å². The minimum absolute atomic E-state index is 0.732. The molecule has 1 N–H and O–H groups in total. The number of likely N-dealkylation sites (tertiary alicyclic amines) is 1. The van der Waals surface area contributed by atoms with Crippen LogP contribution in [0.4, 0.5) is 0 Å². The number of hydrogen-bond acceptors (Lipinski definition) is 3. The van der Waals surface area contributed by atoms with Crippen molar-refractivity contribution in [2.24, 2.45) is 5.92 Å². The number of hydrogen-bond donors (Lipinski definition) is 1. The van der Waals surface area contributed by atoms with Crippen molar-refractivity contribution >= 4 is 0 Å². The Labute approximate surface area is 100 Å². The van der Waals surface area contributed by atoms with Crippen molar-refractivity contribution in [3.8, 4) is 0 Å². The molecule has 0 aromatic heterocycles. The molecule has 2 aliphatic heterocycles. The molecule has 0 aromatic carbocycles. The van der Waals surface area contributed by atoms with Crippen molar-refractivity contribution < 1.29 is 0 Å². The first kappa shape index (κ1) is 12.3. The Hall–Kier alpha value is -0.120. The summed E-state index contributed by atoms with van der Waals surface area (Å²) in [5.41, 5.74) is 0. The standard InChI is InChI=1S/C13H27N3/c1-12(2)16-8-4-13(11-16)10-15-7-3-5-14-6-9-15/h12-14H,3-11H2,1-2H3. The first-order chi connectivity index (χ1) is 7.75. The highest BCUT2D eigenvalue weighted by atomic mass is 15.2. The van der Waals surface area contributed by atoms with E-state index in [0.717, 1.165) is 12.0 Å². The van der Waals surface area contributed by atoms with Gasteiger partial charge in [-0.3, -0.25) is 0 Å². The Balaban J connectivity index is 1.73. The lowest BCUT2D eigenvalue weighted by Crippen LogP contribution is -2.35. The molecule has 2 rings (SSSR count). The summed E-state index contributed by atoms with van der Waals surface area (Å²) in [6, 6.07) is 0.732. The molecule has 1 unspecified atom stereocenters. The molecule has 0 aliphatic carbocycles. The van der Waals surface area contributed by atoms with Crippen LogP contribution < -0.4 is 5.32 Å². The van der Waals surface area contributed by atoms with Crippen LogP contribution in [0.25, 0.3) is 0 Å². The van der Waals surface area contributed by atoms with Gasteiger partial charge < -0.3 is 15.1 Å². The molecule has 3 nitrogen and oxygen atoms in total. The zero-order valence-electron chi connectivity index (χ0n) is 10.9. The minimum Gasteiger partial charge on any atom is -0.315 e. The van der Waals surface area contributed by atoms with Crippen LogP contribution in [0.15, 0.2) is 0 Å². The van der Waals surface area contributed by atoms with Gasteiger partial charge in [-0.05, 0) is 52.2 Å². The Morgan fingerprint density at radius 3 is 2.81 bits per heavy atom. The molecule has 2 heterocycles. The van der Waals surface area contributed by atoms with Crippen LogP contribution in [0.2, 0.25) is 0 Å². The molecule has 0 aromatic rings. The summed E-state index contributed by atoms with van der Waals surface area (Å²) in [6.07, 6.45) is 2.72. The van der Waals surface area contributed by atoms with E-state index >= 15 is 0 Å². The van der Waals surface area contributed by atoms with E-state index in [1.807, 2.05) is 0 Å². The highest BCUT2D eigenvalue weighted by molar-refractivity contribution is 4.80. The van der Waals surface area contributed by atoms with Crippen molar-refractivity contribution in [1.82, 2.24) is 15.1 Å². The van der Waals surface area contributed by atoms with Crippen molar-refractivity contribution in [1.29, 1.82) is 0 Å². The SMILES string of the molecule is CC(C)N1CCC(CN2CCCNCC2)C1. The van der Waals surface area contributed by atoms with Gasteiger partial charge in [0.15, 0.2) is 0 Å². The van der Waals surface area contributed by atoms with Crippen LogP contribution in [0.3, 0.4) is 0 Å². The Morgan fingerprint density at radius 1 is 1.19 bits per heavy atom. The highest BCUT2D eigenvalue weighted by Crippen LogP contribution is 2.19. The number of nitrogens with zero attached hydrogens (tertiary/aromatic N) is 2. The molecule has 3 heteroatoms. The van der Waals surface area contributed by atoms with E-state index in [2.05, 4.69) is 29.0 Å². The van der Waals surface area contributed by atoms with Crippen LogP contribution >= 0.6 is 0 Å². The van der Waals surface area contributed by atoms with Gasteiger partial charge in [0.05, 0.1) is 0 Å². The summed E-state index contributed by atoms with van der Waals surface area (Å²) in [5.74, 6) is 0.917. The lowest BCUT2D eigenvalue weighted by molar-refractivity contribution is 0.223. The molecule has 2 aliphatic rings. The van der Waals surface area contributed by atoms with Crippen LogP contribution in [0.5, 0.6) is 0 Å². The maximum Gasteiger partial charge on any atom is 0.0107 e. The summed E-state index contributed by atoms with van der Waals surface area (Å²) in [5, 5.41) is 3.48. The van der Waals surface area contributed by atoms with Crippen molar-refractivity contribution in [3.05, 3.63) is 0 Å². The molecule has 2 fully saturated rings. The van der Waals surface area contributed by atoms with Gasteiger partial charge >= 0.3 is 0 Å². The second-order valence-electron chi connectivity index (χ2n) is 5.65. The summed E-state index contributed by atoms with van der Waals surface area (Å²) < 4.78 is 0. The van der Waals surface area contributed by atoms with Crippen molar-refractivity contribution in [3.63, 3.8) is 0 Å². The Bertz CT molecular complexity index is 197. The third kappa shape index (κ3) is 3.44. The van der Waals surface area contributed by atoms with E-state index in [4.69, 9.17) is 0 Å². The molecule has 0 spiro atoms. The van der Waals surface area contributed by atoms with Crippen molar-refractivity contribution in [2.75, 3.05) is 45.8 Å². The predicted molar refractivity (Wildman–Crippen MR) is 68.7 cm³/mol. The summed E-state index contributed by atoms with van der Waals surface area (Å²) in [4.78, 5) is 5.29. The largest absolute Gasteiger partial charge is 0.315 e. The fourth-order valence-corrected chi connectivity index (χ4v) is 2.93. The van der Waals surface area contributed by atoms with Gasteiger partial charge in [0.1, 0.15) is 0 Å². The van der Waals surface area contributed by atoms with Crippen LogP contribution in [0, 0.1) is 5.92 Å². The molecular formula is C13H27N3. The quantitative estimate of drug-likeness (QED) is 0.773. The van der Waals surface area contributed by atoms with Gasteiger partial charge in [0, 0.05) is 32.2 Å². The summed E-state index contributed by atoms with van der Waals surface area (Å²) in [6.45, 7) is 13.5. The molecule has 16 heavy (non-hydrogen) atoms. The third-order valence-corrected chi connectivity index (χ3v) is 4.00. The van der Waals surface area contributed by atoms with E-state index in [9.17, 15) is 0 Å². The molecule has 94 valence electrons. The van der Waals surface area contributed by atoms with E-state index < -0.39 is 0 Å². The van der Waals surface area contributed by atoms with E-state index in [1.165, 1.54) is 58.7 Å². The fraction of sp³-hybridized carbons (Fsp3) is 1.00. The van der Waals surface area contributed by atoms with Crippen LogP contribution in [-0.2, 0) is 0 Å². The van der Waals surface area contributed by atoms with E-state index in [0.29, 0.717) is 0 Å². The van der Waals surface area contributed by atoms with Gasteiger partial charge in [-0.15, -0.1) is 0 Å². The fourth-order valence-electron chi connectivity index (χ4n) is 2.93. The average Bonchev–Trinajstić information content (AvgIpc) is 2.56. The average molecular weight is 225 g/mol. The zero-order chi connectivity index (χ0) is 11.4. The molecule has 0 bridgehead atoms. The smallest absolute Gasteiger partial charge is 0.0107 e. The van der Waals surface area contributed by atoms with Crippen LogP contribution in [0.1, 0.15) is 26.7 Å². The molecule has 0 radical (unpaired) electrons. The lowest BCUT2D eigenvalue weighted by Gasteiger charge is -2.24. The van der Waals surface area contributed by atoms with E-state index in [-0.39, 0.29) is 0 Å². The summed E-state index contributed by atoms with van der Waals surface area (Å²) >= 11 is 0.